The second kappa shape index (κ2) is 16.0. The van der Waals surface area contributed by atoms with Crippen molar-refractivity contribution in [1.29, 1.82) is 0 Å². The molecule has 0 heterocycles. The molecule has 1 atom stereocenters. The first kappa shape index (κ1) is 35.5. The zero-order valence-electron chi connectivity index (χ0n) is 23.3. The predicted octanol–water partition coefficient (Wildman–Crippen LogP) is 5.74. The van der Waals surface area contributed by atoms with Gasteiger partial charge in [-0.3, -0.25) is 14.8 Å². The zero-order valence-corrected chi connectivity index (χ0v) is 23.3. The van der Waals surface area contributed by atoms with Crippen molar-refractivity contribution in [2.45, 2.75) is 25.4 Å². The number of halogens is 7. The van der Waals surface area contributed by atoms with Gasteiger partial charge in [0.1, 0.15) is 11.4 Å². The number of nitrogens with one attached hydrogen (secondary N) is 1. The Labute approximate surface area is 233 Å². The second-order valence-electron chi connectivity index (χ2n) is 8.36. The van der Waals surface area contributed by atoms with Gasteiger partial charge in [0.05, 0.1) is 25.3 Å². The van der Waals surface area contributed by atoms with Crippen LogP contribution in [0, 0.1) is 5.82 Å². The van der Waals surface area contributed by atoms with E-state index in [0.29, 0.717) is 18.8 Å². The van der Waals surface area contributed by atoms with E-state index in [1.54, 1.807) is 7.05 Å². The van der Waals surface area contributed by atoms with Gasteiger partial charge in [-0.05, 0) is 44.3 Å². The van der Waals surface area contributed by atoms with Crippen molar-refractivity contribution >= 4 is 11.8 Å². The lowest BCUT2D eigenvalue weighted by Gasteiger charge is -2.24. The fourth-order valence-corrected chi connectivity index (χ4v) is 3.12. The Morgan fingerprint density at radius 1 is 1.02 bits per heavy atom. The van der Waals surface area contributed by atoms with Gasteiger partial charge < -0.3 is 19.7 Å². The molecule has 8 nitrogen and oxygen atoms in total. The number of anilines is 1. The van der Waals surface area contributed by atoms with Gasteiger partial charge in [0.2, 0.25) is 0 Å². The Bertz CT molecular complexity index is 1100. The summed E-state index contributed by atoms with van der Waals surface area (Å²) < 4.78 is 106. The van der Waals surface area contributed by atoms with Gasteiger partial charge in [0.25, 0.3) is 0 Å². The van der Waals surface area contributed by atoms with Crippen LogP contribution in [0.5, 0.6) is 0 Å². The first-order chi connectivity index (χ1) is 19.1. The first-order valence-corrected chi connectivity index (χ1v) is 11.9. The van der Waals surface area contributed by atoms with Crippen LogP contribution in [0.2, 0.25) is 0 Å². The molecule has 230 valence electrons. The van der Waals surface area contributed by atoms with Crippen LogP contribution >= 0.6 is 0 Å². The summed E-state index contributed by atoms with van der Waals surface area (Å²) in [5.74, 6) is -1.87. The third kappa shape index (κ3) is 11.8. The van der Waals surface area contributed by atoms with Crippen molar-refractivity contribution in [3.05, 3.63) is 77.7 Å². The van der Waals surface area contributed by atoms with Crippen molar-refractivity contribution in [2.24, 2.45) is 0 Å². The molecule has 0 aliphatic carbocycles. The maximum absolute atomic E-state index is 14.1. The van der Waals surface area contributed by atoms with Crippen molar-refractivity contribution in [3.8, 4) is 0 Å². The number of ether oxygens (including phenoxy) is 2. The quantitative estimate of drug-likeness (QED) is 0.135. The van der Waals surface area contributed by atoms with Crippen molar-refractivity contribution in [2.75, 3.05) is 53.4 Å². The number of alkyl halides is 6. The number of benzene rings is 1. The van der Waals surface area contributed by atoms with E-state index in [9.17, 15) is 35.5 Å². The van der Waals surface area contributed by atoms with Crippen LogP contribution in [0.4, 0.5) is 41.2 Å². The Hall–Kier alpha value is -3.56. The summed E-state index contributed by atoms with van der Waals surface area (Å²) in [5.41, 5.74) is -3.44. The zero-order chi connectivity index (χ0) is 31.4. The van der Waals surface area contributed by atoms with Gasteiger partial charge >= 0.3 is 18.4 Å². The maximum Gasteiger partial charge on any atom is 0.420 e. The van der Waals surface area contributed by atoms with Gasteiger partial charge in [0, 0.05) is 52.0 Å². The number of amides is 1. The fraction of sp³-hybridized carbons (Fsp3) is 0.423. The number of allylic oxidation sites excluding steroid dienone is 4. The molecular weight excluding hydrogens is 565 g/mol. The van der Waals surface area contributed by atoms with Gasteiger partial charge in [-0.25, -0.2) is 9.18 Å². The molecule has 1 aromatic carbocycles. The van der Waals surface area contributed by atoms with E-state index in [0.717, 1.165) is 48.0 Å². The van der Waals surface area contributed by atoms with E-state index in [-0.39, 0.29) is 24.4 Å². The Morgan fingerprint density at radius 2 is 1.63 bits per heavy atom. The number of likely N-dealkylation sites (N-methyl/N-ethyl adjacent to an activating group) is 1. The second-order valence-corrected chi connectivity index (χ2v) is 8.36. The Kier molecular flexibility index (Phi) is 13.9. The normalized spacial score (nSPS) is 14.3. The average Bonchev–Trinajstić information content (AvgIpc) is 2.89. The highest BCUT2D eigenvalue weighted by Gasteiger charge is 2.41. The van der Waals surface area contributed by atoms with E-state index in [1.165, 1.54) is 38.7 Å². The number of nitrogens with zero attached hydrogens (tertiary/aromatic N) is 3. The number of methoxy groups -OCH3 is 1. The third-order valence-corrected chi connectivity index (χ3v) is 5.37. The Balaban J connectivity index is 3.54. The highest BCUT2D eigenvalue weighted by molar-refractivity contribution is 5.87. The van der Waals surface area contributed by atoms with Gasteiger partial charge in [0.15, 0.2) is 5.76 Å². The first-order valence-electron chi connectivity index (χ1n) is 11.9. The van der Waals surface area contributed by atoms with Crippen LogP contribution in [-0.2, 0) is 14.3 Å². The molecular formula is C26H33F7N4O4. The number of hydroxylamine groups is 2. The standard InChI is InChI=1S/C26H33F7N4O4/c1-7-18(25(28,29)30)14-22(26(31,32)33)23(41-24(38)36(4)20-10-8-19(27)9-11-20)17-35(3)12-13-37(40-6)16-21(39-5)15-34-2/h7-14,17,21,34H,15-16H2,1-6H3/b13-12-,18-7+,22-14+,23-17-. The molecule has 1 amide bonds. The largest absolute Gasteiger partial charge is 0.420 e. The highest BCUT2D eigenvalue weighted by atomic mass is 19.4. The van der Waals surface area contributed by atoms with Crippen LogP contribution in [0.25, 0.3) is 0 Å². The van der Waals surface area contributed by atoms with E-state index in [2.05, 4.69) is 5.32 Å². The van der Waals surface area contributed by atoms with E-state index in [1.807, 2.05) is 0 Å². The van der Waals surface area contributed by atoms with Crippen molar-refractivity contribution in [3.63, 3.8) is 0 Å². The molecule has 0 spiro atoms. The molecule has 1 rings (SSSR count). The molecule has 41 heavy (non-hydrogen) atoms. The van der Waals surface area contributed by atoms with Crippen LogP contribution < -0.4 is 10.2 Å². The summed E-state index contributed by atoms with van der Waals surface area (Å²) in [4.78, 5) is 19.8. The summed E-state index contributed by atoms with van der Waals surface area (Å²) >= 11 is 0. The average molecular weight is 599 g/mol. The van der Waals surface area contributed by atoms with E-state index < -0.39 is 41.2 Å². The minimum absolute atomic E-state index is 0.0518. The molecule has 1 unspecified atom stereocenters. The van der Waals surface area contributed by atoms with Crippen LogP contribution in [0.3, 0.4) is 0 Å². The van der Waals surface area contributed by atoms with Gasteiger partial charge in [-0.1, -0.05) is 6.08 Å². The number of rotatable bonds is 13. The summed E-state index contributed by atoms with van der Waals surface area (Å²) in [7, 11) is 6.91. The lowest BCUT2D eigenvalue weighted by molar-refractivity contribution is -0.112. The third-order valence-electron chi connectivity index (χ3n) is 5.37. The molecule has 0 aliphatic rings. The van der Waals surface area contributed by atoms with E-state index >= 15 is 0 Å². The molecule has 0 aliphatic heterocycles. The Morgan fingerprint density at radius 3 is 2.10 bits per heavy atom. The van der Waals surface area contributed by atoms with E-state index in [4.69, 9.17) is 14.3 Å². The summed E-state index contributed by atoms with van der Waals surface area (Å²) in [6.07, 6.45) is -8.67. The van der Waals surface area contributed by atoms with Crippen LogP contribution in [0.15, 0.2) is 71.9 Å². The summed E-state index contributed by atoms with van der Waals surface area (Å²) in [6.45, 7) is 1.57. The topological polar surface area (TPSA) is 66.5 Å². The lowest BCUT2D eigenvalue weighted by atomic mass is 10.1. The fourth-order valence-electron chi connectivity index (χ4n) is 3.12. The SMILES string of the molecule is C\C=C(/C=C(\C(=C\N(C)/C=C\N(CC(CNC)OC)OC)OC(=O)N(C)c1ccc(F)cc1)C(F)(F)F)C(F)(F)F. The lowest BCUT2D eigenvalue weighted by Crippen LogP contribution is -2.36. The van der Waals surface area contributed by atoms with Crippen molar-refractivity contribution < 1.29 is 49.8 Å². The monoisotopic (exact) mass is 598 g/mol. The summed E-state index contributed by atoms with van der Waals surface area (Å²) in [5, 5.41) is 4.22. The number of hydrogen-bond acceptors (Lipinski definition) is 7. The maximum atomic E-state index is 14.1. The number of carbonyl (C=O) groups is 1. The number of carbonyl (C=O) groups excluding carboxylic acids is 1. The minimum Gasteiger partial charge on any atom is -0.408 e. The molecule has 1 aromatic rings. The van der Waals surface area contributed by atoms with Gasteiger partial charge in [-0.15, -0.1) is 0 Å². The molecule has 0 saturated heterocycles. The molecule has 0 saturated carbocycles. The highest BCUT2D eigenvalue weighted by Crippen LogP contribution is 2.37. The predicted molar refractivity (Wildman–Crippen MR) is 139 cm³/mol. The smallest absolute Gasteiger partial charge is 0.408 e. The molecule has 0 aromatic heterocycles. The molecule has 0 bridgehead atoms. The van der Waals surface area contributed by atoms with Gasteiger partial charge in [-0.2, -0.15) is 26.3 Å². The van der Waals surface area contributed by atoms with Crippen LogP contribution in [-0.4, -0.2) is 83.0 Å². The minimum atomic E-state index is -5.37. The van der Waals surface area contributed by atoms with Crippen molar-refractivity contribution in [1.82, 2.24) is 15.3 Å². The molecule has 0 fully saturated rings. The number of hydrogen-bond donors (Lipinski definition) is 1. The molecule has 1 N–H and O–H groups in total. The van der Waals surface area contributed by atoms with Crippen LogP contribution in [0.1, 0.15) is 6.92 Å². The molecule has 15 heteroatoms. The summed E-state index contributed by atoms with van der Waals surface area (Å²) in [6, 6.07) is 4.34. The molecule has 0 radical (unpaired) electrons.